The second kappa shape index (κ2) is 15.1. The number of pyridine rings is 1. The zero-order valence-electron chi connectivity index (χ0n) is 26.0. The number of amides is 2. The Labute approximate surface area is 289 Å². The molecule has 0 spiro atoms. The number of halogens is 7. The monoisotopic (exact) mass is 737 g/mol. The number of Topliss-reactive ketones (excluding diaryl/α,β-unsaturated/α-hetero) is 2. The minimum Gasteiger partial charge on any atom is -0.339 e. The van der Waals surface area contributed by atoms with Gasteiger partial charge in [0.05, 0.1) is 29.8 Å². The number of hydrogen-bond donors (Lipinski definition) is 4. The van der Waals surface area contributed by atoms with Gasteiger partial charge in [0, 0.05) is 43.3 Å². The summed E-state index contributed by atoms with van der Waals surface area (Å²) in [6, 6.07) is 7.78. The largest absolute Gasteiger partial charge is 0.458 e. The van der Waals surface area contributed by atoms with Crippen LogP contribution in [0.15, 0.2) is 55.2 Å². The molecule has 2 amide bonds. The normalized spacial score (nSPS) is 15.4. The Balaban J connectivity index is 0.000000362. The van der Waals surface area contributed by atoms with Crippen molar-refractivity contribution >= 4 is 63.8 Å². The molecule has 0 saturated carbocycles. The molecule has 51 heavy (non-hydrogen) atoms. The number of ketones is 2. The standard InChI is InChI=1S/C27H26ClN9O2.C4F6O2/c28-22-14-30-27-34-21-7-16(10-29-13-21)1-2-18-9-20(33-25(22)36-27)3-4-23(18)35-24(38)8-17-5-6-37(15-17)26(39)19-11-31-32-12-19;5-3(6,7)1(11)2(12)4(8,9)10/h3-4,7,9-14,17H,1-2,5-6,8,15H2,(H,31,32)(H,35,38)(H2,30,33,34,36);/t17-;/m0./s1. The van der Waals surface area contributed by atoms with Gasteiger partial charge in [0.2, 0.25) is 11.9 Å². The summed E-state index contributed by atoms with van der Waals surface area (Å²) in [6.07, 6.45) is -0.815. The van der Waals surface area contributed by atoms with Crippen molar-refractivity contribution in [3.8, 4) is 0 Å². The van der Waals surface area contributed by atoms with Gasteiger partial charge in [-0.3, -0.25) is 29.3 Å². The molecule has 2 aliphatic heterocycles. The van der Waals surface area contributed by atoms with Gasteiger partial charge in [-0.05, 0) is 60.6 Å². The fourth-order valence-electron chi connectivity index (χ4n) is 5.21. The van der Waals surface area contributed by atoms with Crippen molar-refractivity contribution in [2.45, 2.75) is 38.0 Å². The van der Waals surface area contributed by atoms with Gasteiger partial charge >= 0.3 is 23.9 Å². The number of anilines is 5. The third kappa shape index (κ3) is 9.56. The van der Waals surface area contributed by atoms with Crippen molar-refractivity contribution in [1.82, 2.24) is 30.0 Å². The molecule has 1 saturated heterocycles. The Hall–Kier alpha value is -5.59. The van der Waals surface area contributed by atoms with Crippen molar-refractivity contribution in [2.24, 2.45) is 5.92 Å². The van der Waals surface area contributed by atoms with E-state index < -0.39 is 23.9 Å². The maximum absolute atomic E-state index is 13.1. The Morgan fingerprint density at radius 2 is 1.67 bits per heavy atom. The first-order chi connectivity index (χ1) is 24.1. The lowest BCUT2D eigenvalue weighted by molar-refractivity contribution is -0.193. The zero-order chi connectivity index (χ0) is 36.9. The zero-order valence-corrected chi connectivity index (χ0v) is 26.8. The predicted molar refractivity (Wildman–Crippen MR) is 170 cm³/mol. The van der Waals surface area contributed by atoms with E-state index in [1.54, 1.807) is 23.5 Å². The number of alkyl halides is 6. The molecular formula is C31H26ClF6N9O4. The Morgan fingerprint density at radius 3 is 2.35 bits per heavy atom. The lowest BCUT2D eigenvalue weighted by Gasteiger charge is -2.17. The van der Waals surface area contributed by atoms with E-state index in [1.807, 2.05) is 30.5 Å². The number of fused-ring (bicyclic) bond motifs is 6. The fourth-order valence-corrected chi connectivity index (χ4v) is 5.35. The molecule has 2 aliphatic rings. The van der Waals surface area contributed by atoms with Gasteiger partial charge in [-0.2, -0.15) is 36.4 Å². The number of benzene rings is 1. The highest BCUT2D eigenvalue weighted by Gasteiger charge is 2.54. The van der Waals surface area contributed by atoms with Crippen LogP contribution in [0, 0.1) is 5.92 Å². The van der Waals surface area contributed by atoms with Crippen LogP contribution in [0.4, 0.5) is 55.2 Å². The van der Waals surface area contributed by atoms with Crippen LogP contribution in [-0.4, -0.2) is 78.9 Å². The second-order valence-electron chi connectivity index (χ2n) is 11.4. The van der Waals surface area contributed by atoms with Crippen LogP contribution in [0.3, 0.4) is 0 Å². The molecule has 13 nitrogen and oxygen atoms in total. The highest BCUT2D eigenvalue weighted by molar-refractivity contribution is 6.41. The van der Waals surface area contributed by atoms with Crippen molar-refractivity contribution < 1.29 is 45.5 Å². The molecule has 268 valence electrons. The lowest BCUT2D eigenvalue weighted by Crippen LogP contribution is -2.39. The summed E-state index contributed by atoms with van der Waals surface area (Å²) in [5.41, 5.74) is 4.86. The first-order valence-corrected chi connectivity index (χ1v) is 15.4. The maximum atomic E-state index is 13.1. The average Bonchev–Trinajstić information content (AvgIpc) is 3.78. The molecule has 4 aromatic rings. The maximum Gasteiger partial charge on any atom is 0.458 e. The van der Waals surface area contributed by atoms with Crippen molar-refractivity contribution in [1.29, 1.82) is 0 Å². The minimum atomic E-state index is -5.77. The van der Waals surface area contributed by atoms with Crippen LogP contribution in [-0.2, 0) is 27.2 Å². The molecule has 4 N–H and O–H groups in total. The van der Waals surface area contributed by atoms with Crippen molar-refractivity contribution in [3.05, 3.63) is 77.0 Å². The summed E-state index contributed by atoms with van der Waals surface area (Å²) in [5.74, 6) is -5.98. The van der Waals surface area contributed by atoms with Gasteiger partial charge in [0.25, 0.3) is 5.91 Å². The van der Waals surface area contributed by atoms with Gasteiger partial charge in [0.15, 0.2) is 5.82 Å². The number of rotatable bonds is 5. The van der Waals surface area contributed by atoms with Crippen LogP contribution >= 0.6 is 11.6 Å². The Morgan fingerprint density at radius 1 is 0.922 bits per heavy atom. The SMILES string of the molecule is O=C(C(=O)C(F)(F)F)C(F)(F)F.O=C(C[C@@H]1CCN(C(=O)c2cn[nH]c2)C1)Nc1ccc2cc1CCc1cncc(c1)Nc1ncc(Cl)c(n1)N2. The molecule has 3 aromatic heterocycles. The molecule has 0 aliphatic carbocycles. The summed E-state index contributed by atoms with van der Waals surface area (Å²) in [4.78, 5) is 59.8. The van der Waals surface area contributed by atoms with Gasteiger partial charge in [0.1, 0.15) is 5.02 Å². The third-order valence-corrected chi connectivity index (χ3v) is 7.91. The molecule has 1 fully saturated rings. The van der Waals surface area contributed by atoms with E-state index in [9.17, 15) is 45.5 Å². The van der Waals surface area contributed by atoms with Crippen LogP contribution in [0.25, 0.3) is 0 Å². The van der Waals surface area contributed by atoms with Gasteiger partial charge in [-0.15, -0.1) is 0 Å². The smallest absolute Gasteiger partial charge is 0.339 e. The van der Waals surface area contributed by atoms with E-state index in [-0.39, 0.29) is 17.7 Å². The van der Waals surface area contributed by atoms with Crippen molar-refractivity contribution in [3.63, 3.8) is 0 Å². The third-order valence-electron chi connectivity index (χ3n) is 7.63. The quantitative estimate of drug-likeness (QED) is 0.150. The molecule has 0 unspecified atom stereocenters. The van der Waals surface area contributed by atoms with Gasteiger partial charge in [-0.25, -0.2) is 4.98 Å². The molecule has 1 aromatic carbocycles. The fraction of sp³-hybridized carbons (Fsp3) is 0.290. The summed E-state index contributed by atoms with van der Waals surface area (Å²) >= 11 is 6.36. The highest BCUT2D eigenvalue weighted by Crippen LogP contribution is 2.30. The minimum absolute atomic E-state index is 0.0642. The van der Waals surface area contributed by atoms with Crippen LogP contribution in [0.2, 0.25) is 5.02 Å². The number of aromatic nitrogens is 5. The predicted octanol–water partition coefficient (Wildman–Crippen LogP) is 5.57. The van der Waals surface area contributed by atoms with E-state index >= 15 is 0 Å². The number of carbonyl (C=O) groups is 4. The van der Waals surface area contributed by atoms with E-state index in [2.05, 4.69) is 41.1 Å². The highest BCUT2D eigenvalue weighted by atomic mass is 35.5. The van der Waals surface area contributed by atoms with E-state index in [0.29, 0.717) is 48.3 Å². The first-order valence-electron chi connectivity index (χ1n) is 15.0. The molecule has 1 atom stereocenters. The topological polar surface area (TPSA) is 175 Å². The molecule has 5 heterocycles. The van der Waals surface area contributed by atoms with Crippen molar-refractivity contribution in [2.75, 3.05) is 29.0 Å². The number of nitrogens with zero attached hydrogens (tertiary/aromatic N) is 5. The number of carbonyl (C=O) groups excluding carboxylic acids is 4. The van der Waals surface area contributed by atoms with E-state index in [4.69, 9.17) is 11.6 Å². The van der Waals surface area contributed by atoms with E-state index in [1.165, 1.54) is 6.20 Å². The van der Waals surface area contributed by atoms with Gasteiger partial charge < -0.3 is 20.9 Å². The number of H-pyrrole nitrogens is 1. The van der Waals surface area contributed by atoms with E-state index in [0.717, 1.165) is 41.0 Å². The summed E-state index contributed by atoms with van der Waals surface area (Å²) in [5, 5.41) is 16.5. The lowest BCUT2D eigenvalue weighted by atomic mass is 10.0. The Kier molecular flexibility index (Phi) is 10.9. The van der Waals surface area contributed by atoms with Crippen LogP contribution in [0.5, 0.6) is 0 Å². The molecule has 20 heteroatoms. The van der Waals surface area contributed by atoms with Crippen LogP contribution < -0.4 is 16.0 Å². The van der Waals surface area contributed by atoms with Gasteiger partial charge in [-0.1, -0.05) is 11.6 Å². The number of hydrogen-bond acceptors (Lipinski definition) is 10. The summed E-state index contributed by atoms with van der Waals surface area (Å²) < 4.78 is 67.0. The molecule has 6 rings (SSSR count). The number of aromatic amines is 1. The second-order valence-corrected chi connectivity index (χ2v) is 11.8. The van der Waals surface area contributed by atoms with Crippen LogP contribution in [0.1, 0.15) is 34.3 Å². The number of aryl methyl sites for hydroxylation is 2. The molecular weight excluding hydrogens is 712 g/mol. The summed E-state index contributed by atoms with van der Waals surface area (Å²) in [6.45, 7) is 1.18. The number of likely N-dealkylation sites (tertiary alicyclic amines) is 1. The first kappa shape index (κ1) is 36.7. The summed E-state index contributed by atoms with van der Waals surface area (Å²) in [7, 11) is 0. The average molecular weight is 738 g/mol. The number of nitrogens with one attached hydrogen (secondary N) is 4. The molecule has 0 radical (unpaired) electrons. The molecule has 6 bridgehead atoms. The Bertz CT molecular complexity index is 1920.